The van der Waals surface area contributed by atoms with Crippen LogP contribution in [-0.2, 0) is 7.05 Å². The number of piperazine rings is 1. The summed E-state index contributed by atoms with van der Waals surface area (Å²) >= 11 is 0. The molecule has 0 bridgehead atoms. The highest BCUT2D eigenvalue weighted by molar-refractivity contribution is 5.94. The monoisotopic (exact) mass is 528 g/mol. The third-order valence-corrected chi connectivity index (χ3v) is 7.09. The number of aromatic nitrogens is 2. The smallest absolute Gasteiger partial charge is 0.361 e. The Morgan fingerprint density at radius 1 is 1.08 bits per heavy atom. The van der Waals surface area contributed by atoms with Crippen LogP contribution in [0.15, 0.2) is 65.5 Å². The van der Waals surface area contributed by atoms with Gasteiger partial charge in [-0.1, -0.05) is 36.9 Å². The Labute approximate surface area is 223 Å². The number of ether oxygens (including phenoxy) is 1. The van der Waals surface area contributed by atoms with Crippen LogP contribution < -0.4 is 15.2 Å². The van der Waals surface area contributed by atoms with Crippen molar-refractivity contribution in [1.29, 1.82) is 0 Å². The van der Waals surface area contributed by atoms with Crippen LogP contribution in [0.25, 0.3) is 15.9 Å². The summed E-state index contributed by atoms with van der Waals surface area (Å²) in [6.07, 6.45) is 0. The molecule has 0 saturated carbocycles. The summed E-state index contributed by atoms with van der Waals surface area (Å²) in [7, 11) is 3.06. The van der Waals surface area contributed by atoms with Crippen molar-refractivity contribution >= 4 is 28.2 Å². The minimum atomic E-state index is -0.736. The van der Waals surface area contributed by atoms with E-state index in [0.717, 1.165) is 11.1 Å². The maximum atomic E-state index is 13.8. The van der Waals surface area contributed by atoms with E-state index in [-0.39, 0.29) is 28.9 Å². The minimum absolute atomic E-state index is 0.0860. The second kappa shape index (κ2) is 10.5. The van der Waals surface area contributed by atoms with Crippen molar-refractivity contribution in [2.75, 3.05) is 38.2 Å². The van der Waals surface area contributed by atoms with Crippen LogP contribution in [0.3, 0.4) is 0 Å². The van der Waals surface area contributed by atoms with E-state index in [1.165, 1.54) is 29.8 Å². The van der Waals surface area contributed by atoms with Gasteiger partial charge in [-0.15, -0.1) is 4.98 Å². The van der Waals surface area contributed by atoms with Crippen molar-refractivity contribution in [2.45, 2.75) is 6.04 Å². The molecule has 39 heavy (non-hydrogen) atoms. The summed E-state index contributed by atoms with van der Waals surface area (Å²) < 4.78 is 20.6. The number of halogens is 1. The van der Waals surface area contributed by atoms with E-state index in [1.54, 1.807) is 30.2 Å². The van der Waals surface area contributed by atoms with Crippen molar-refractivity contribution in [2.24, 2.45) is 7.05 Å². The SMILES string of the molecule is [C-]#[N+]c1ccc2c(n1)c(N1CCN(C(c3ccc(F)cc3)c3ccccc3OC)CC1)c([N+](=O)[O-])c(=O)n2C. The number of para-hydroxylation sites is 1. The van der Waals surface area contributed by atoms with E-state index in [1.807, 2.05) is 24.3 Å². The third kappa shape index (κ3) is 4.66. The van der Waals surface area contributed by atoms with Crippen molar-refractivity contribution in [3.05, 3.63) is 109 Å². The summed E-state index contributed by atoms with van der Waals surface area (Å²) in [5.41, 5.74) is 1.27. The van der Waals surface area contributed by atoms with Gasteiger partial charge in [0, 0.05) is 38.8 Å². The molecule has 10 nitrogen and oxygen atoms in total. The molecule has 0 amide bonds. The molecule has 1 unspecified atom stereocenters. The normalized spacial score (nSPS) is 14.7. The van der Waals surface area contributed by atoms with E-state index in [0.29, 0.717) is 37.4 Å². The van der Waals surface area contributed by atoms with E-state index < -0.39 is 16.2 Å². The van der Waals surface area contributed by atoms with Crippen molar-refractivity contribution < 1.29 is 14.1 Å². The zero-order valence-corrected chi connectivity index (χ0v) is 21.4. The zero-order valence-electron chi connectivity index (χ0n) is 21.4. The molecule has 2 aromatic carbocycles. The number of anilines is 1. The molecular weight excluding hydrogens is 503 g/mol. The molecule has 1 saturated heterocycles. The molecule has 1 aliphatic rings. The lowest BCUT2D eigenvalue weighted by Crippen LogP contribution is -2.48. The molecule has 1 aliphatic heterocycles. The molecule has 2 aromatic heterocycles. The van der Waals surface area contributed by atoms with Gasteiger partial charge >= 0.3 is 11.2 Å². The van der Waals surface area contributed by atoms with E-state index in [4.69, 9.17) is 11.3 Å². The van der Waals surface area contributed by atoms with Gasteiger partial charge in [-0.25, -0.2) is 4.39 Å². The molecule has 4 aromatic rings. The molecule has 11 heteroatoms. The van der Waals surface area contributed by atoms with Crippen LogP contribution in [0.4, 0.5) is 21.6 Å². The number of nitrogens with zero attached hydrogens (tertiary/aromatic N) is 6. The van der Waals surface area contributed by atoms with Crippen LogP contribution in [0.1, 0.15) is 17.2 Å². The molecule has 0 radical (unpaired) electrons. The average molecular weight is 529 g/mol. The second-order valence-corrected chi connectivity index (χ2v) is 9.19. The number of fused-ring (bicyclic) bond motifs is 1. The first-order valence-electron chi connectivity index (χ1n) is 12.3. The predicted octanol–water partition coefficient (Wildman–Crippen LogP) is 4.45. The summed E-state index contributed by atoms with van der Waals surface area (Å²) in [4.78, 5) is 36.2. The van der Waals surface area contributed by atoms with Gasteiger partial charge in [0.05, 0.1) is 23.6 Å². The first-order chi connectivity index (χ1) is 18.8. The lowest BCUT2D eigenvalue weighted by atomic mass is 9.95. The summed E-state index contributed by atoms with van der Waals surface area (Å²) in [6, 6.07) is 16.8. The number of methoxy groups -OCH3 is 1. The van der Waals surface area contributed by atoms with Gasteiger partial charge in [-0.3, -0.25) is 19.8 Å². The van der Waals surface area contributed by atoms with Crippen LogP contribution in [-0.4, -0.2) is 52.7 Å². The van der Waals surface area contributed by atoms with Gasteiger partial charge < -0.3 is 19.0 Å². The number of nitro groups is 1. The van der Waals surface area contributed by atoms with Crippen LogP contribution in [0.2, 0.25) is 0 Å². The number of hydrogen-bond acceptors (Lipinski definition) is 7. The Kier molecular flexibility index (Phi) is 6.96. The first kappa shape index (κ1) is 25.8. The molecule has 198 valence electrons. The number of hydrogen-bond donors (Lipinski definition) is 0. The molecule has 1 fully saturated rings. The standard InChI is InChI=1S/C28H25FN6O4/c1-30-23-13-12-21-24(31-23)26(27(35(37)38)28(36)32(21)2)34-16-14-33(15-17-34)25(18-8-10-19(29)11-9-18)20-6-4-5-7-22(20)39-3/h4-13,25H,14-17H2,2-3H3. The summed E-state index contributed by atoms with van der Waals surface area (Å²) in [5.74, 6) is 0.444. The maximum Gasteiger partial charge on any atom is 0.361 e. The third-order valence-electron chi connectivity index (χ3n) is 7.09. The number of pyridine rings is 2. The first-order valence-corrected chi connectivity index (χ1v) is 12.3. The topological polar surface area (TPSA) is 98.1 Å². The Morgan fingerprint density at radius 3 is 2.41 bits per heavy atom. The predicted molar refractivity (Wildman–Crippen MR) is 145 cm³/mol. The highest BCUT2D eigenvalue weighted by Crippen LogP contribution is 2.38. The molecule has 3 heterocycles. The van der Waals surface area contributed by atoms with Crippen LogP contribution >= 0.6 is 0 Å². The quantitative estimate of drug-likeness (QED) is 0.207. The Morgan fingerprint density at radius 2 is 1.77 bits per heavy atom. The highest BCUT2D eigenvalue weighted by Gasteiger charge is 2.35. The molecule has 0 spiro atoms. The Bertz CT molecular complexity index is 1660. The Balaban J connectivity index is 1.56. The summed E-state index contributed by atoms with van der Waals surface area (Å²) in [5, 5.41) is 12.1. The highest BCUT2D eigenvalue weighted by atomic mass is 19.1. The molecular formula is C28H25FN6O4. The molecule has 5 rings (SSSR count). The van der Waals surface area contributed by atoms with Crippen molar-refractivity contribution in [1.82, 2.24) is 14.5 Å². The minimum Gasteiger partial charge on any atom is -0.496 e. The number of aryl methyl sites for hydroxylation is 1. The fourth-order valence-corrected chi connectivity index (χ4v) is 5.22. The van der Waals surface area contributed by atoms with Gasteiger partial charge in [0.15, 0.2) is 5.69 Å². The van der Waals surface area contributed by atoms with Gasteiger partial charge in [-0.2, -0.15) is 0 Å². The number of rotatable bonds is 6. The molecule has 0 N–H and O–H groups in total. The lowest BCUT2D eigenvalue weighted by Gasteiger charge is -2.40. The van der Waals surface area contributed by atoms with Crippen LogP contribution in [0.5, 0.6) is 5.75 Å². The van der Waals surface area contributed by atoms with E-state index in [2.05, 4.69) is 14.7 Å². The lowest BCUT2D eigenvalue weighted by molar-refractivity contribution is -0.385. The van der Waals surface area contributed by atoms with Gasteiger partial charge in [0.25, 0.3) is 5.82 Å². The average Bonchev–Trinajstić information content (AvgIpc) is 2.96. The van der Waals surface area contributed by atoms with Gasteiger partial charge in [0.2, 0.25) is 5.52 Å². The molecule has 1 atom stereocenters. The summed E-state index contributed by atoms with van der Waals surface area (Å²) in [6.45, 7) is 9.04. The number of benzene rings is 2. The second-order valence-electron chi connectivity index (χ2n) is 9.19. The van der Waals surface area contributed by atoms with E-state index in [9.17, 15) is 19.3 Å². The van der Waals surface area contributed by atoms with Crippen molar-refractivity contribution in [3.8, 4) is 5.75 Å². The fraction of sp³-hybridized carbons (Fsp3) is 0.250. The fourth-order valence-electron chi connectivity index (χ4n) is 5.22. The maximum absolute atomic E-state index is 13.8. The van der Waals surface area contributed by atoms with Crippen LogP contribution in [0, 0.1) is 22.5 Å². The van der Waals surface area contributed by atoms with Gasteiger partial charge in [0.1, 0.15) is 11.6 Å². The van der Waals surface area contributed by atoms with E-state index >= 15 is 0 Å². The van der Waals surface area contributed by atoms with Gasteiger partial charge in [-0.05, 0) is 35.9 Å². The zero-order chi connectivity index (χ0) is 27.7. The van der Waals surface area contributed by atoms with Crippen molar-refractivity contribution in [3.63, 3.8) is 0 Å². The largest absolute Gasteiger partial charge is 0.496 e. The molecule has 0 aliphatic carbocycles. The Hall–Kier alpha value is -4.82.